The smallest absolute Gasteiger partial charge is 1.00 e. The molecule has 128 valence electrons. The summed E-state index contributed by atoms with van der Waals surface area (Å²) < 4.78 is 1.90. The van der Waals surface area contributed by atoms with Gasteiger partial charge in [0.05, 0.1) is 0 Å². The van der Waals surface area contributed by atoms with Crippen LogP contribution in [-0.4, -0.2) is 14.8 Å². The van der Waals surface area contributed by atoms with Crippen molar-refractivity contribution < 1.29 is 51.0 Å². The van der Waals surface area contributed by atoms with Gasteiger partial charge in [-0.1, -0.05) is 25.8 Å². The summed E-state index contributed by atoms with van der Waals surface area (Å²) in [6.07, 6.45) is 14.5. The molecule has 0 unspecified atom stereocenters. The van der Waals surface area contributed by atoms with E-state index in [1.165, 1.54) is 29.2 Å². The first-order valence-electron chi connectivity index (χ1n) is 7.63. The molecule has 0 saturated heterocycles. The third kappa shape index (κ3) is 6.62. The second kappa shape index (κ2) is 12.3. The molecule has 3 nitrogen and oxygen atoms in total. The number of hydrogen-bond acceptors (Lipinski definition) is 2. The predicted octanol–water partition coefficient (Wildman–Crippen LogP) is -1.38. The molecule has 0 N–H and O–H groups in total. The van der Waals surface area contributed by atoms with E-state index in [4.69, 9.17) is 0 Å². The van der Waals surface area contributed by atoms with Crippen molar-refractivity contribution in [2.45, 2.75) is 26.2 Å². The van der Waals surface area contributed by atoms with Gasteiger partial charge in [0.1, 0.15) is 12.7 Å². The van der Waals surface area contributed by atoms with Gasteiger partial charge in [-0.25, -0.2) is 11.6 Å². The summed E-state index contributed by atoms with van der Waals surface area (Å²) in [5.41, 5.74) is 2.50. The number of benzene rings is 1. The van der Waals surface area contributed by atoms with Crippen molar-refractivity contribution in [2.75, 3.05) is 0 Å². The van der Waals surface area contributed by atoms with E-state index in [1.807, 2.05) is 16.7 Å². The van der Waals surface area contributed by atoms with Crippen LogP contribution in [0.25, 0.3) is 16.5 Å². The number of allylic oxidation sites excluding steroid dienone is 4. The largest absolute Gasteiger partial charge is 4.00 e. The molecule has 0 radical (unpaired) electrons. The summed E-state index contributed by atoms with van der Waals surface area (Å²) in [5.74, 6) is 0. The van der Waals surface area contributed by atoms with Crippen LogP contribution in [0, 0.1) is 6.08 Å². The first-order valence-corrected chi connectivity index (χ1v) is 7.63. The minimum absolute atomic E-state index is 0. The molecule has 1 aliphatic rings. The molecular formula is C19H19Cl2N3Zr. The number of nitrogens with zero attached hydrogens (tertiary/aromatic N) is 3. The number of hydrogen-bond donors (Lipinski definition) is 0. The Kier molecular flexibility index (Phi) is 11.8. The second-order valence-electron chi connectivity index (χ2n) is 5.27. The van der Waals surface area contributed by atoms with E-state index in [1.54, 1.807) is 12.7 Å². The van der Waals surface area contributed by atoms with E-state index < -0.39 is 0 Å². The zero-order valence-electron chi connectivity index (χ0n) is 14.0. The minimum atomic E-state index is 0. The van der Waals surface area contributed by atoms with Gasteiger partial charge in [-0.15, -0.1) is 57.7 Å². The van der Waals surface area contributed by atoms with Gasteiger partial charge >= 0.3 is 26.2 Å². The first-order chi connectivity index (χ1) is 10.9. The SMILES string of the molecule is CCCC1=[C-]CC=C1.[Cl-].[Cl-].[Zr+4].c1ccc2[cH-]c(-n3cnnc3)cc2c1. The average molecular weight is 452 g/mol. The van der Waals surface area contributed by atoms with Crippen LogP contribution >= 0.6 is 0 Å². The van der Waals surface area contributed by atoms with Crippen LogP contribution in [0.3, 0.4) is 0 Å². The number of halogens is 2. The molecule has 0 fully saturated rings. The zero-order chi connectivity index (χ0) is 15.2. The maximum absolute atomic E-state index is 3.78. The summed E-state index contributed by atoms with van der Waals surface area (Å²) in [6.45, 7) is 2.20. The standard InChI is InChI=1S/C11H8N3.C8H11.2ClH.Zr/c1-2-4-10-6-11(5-9(10)3-1)14-7-12-13-8-14;1-2-5-8-6-3-4-7-8;;;/h1-8H;3,6H,2,4-5H2,1H3;2*1H;/q2*-1;;;+4/p-2. The van der Waals surface area contributed by atoms with Crippen LogP contribution in [0.2, 0.25) is 0 Å². The molecule has 25 heavy (non-hydrogen) atoms. The average Bonchev–Trinajstić information content (AvgIpc) is 3.29. The van der Waals surface area contributed by atoms with Crippen molar-refractivity contribution in [3.05, 3.63) is 72.9 Å². The third-order valence-corrected chi connectivity index (χ3v) is 3.61. The Balaban J connectivity index is 0.000000462. The van der Waals surface area contributed by atoms with Gasteiger partial charge in [-0.3, -0.25) is 6.08 Å². The van der Waals surface area contributed by atoms with Crippen LogP contribution in [0.15, 0.2) is 66.8 Å². The Morgan fingerprint density at radius 1 is 1.16 bits per heavy atom. The van der Waals surface area contributed by atoms with Gasteiger partial charge in [0.25, 0.3) is 0 Å². The Labute approximate surface area is 180 Å². The van der Waals surface area contributed by atoms with E-state index in [0.29, 0.717) is 0 Å². The molecule has 0 atom stereocenters. The number of fused-ring (bicyclic) bond motifs is 1. The molecule has 1 aromatic heterocycles. The van der Waals surface area contributed by atoms with Crippen molar-refractivity contribution in [3.63, 3.8) is 0 Å². The maximum Gasteiger partial charge on any atom is 4.00 e. The fourth-order valence-corrected chi connectivity index (χ4v) is 2.51. The summed E-state index contributed by atoms with van der Waals surface area (Å²) >= 11 is 0. The maximum atomic E-state index is 3.78. The third-order valence-electron chi connectivity index (χ3n) is 3.61. The van der Waals surface area contributed by atoms with Crippen LogP contribution < -0.4 is 24.8 Å². The Morgan fingerprint density at radius 3 is 2.48 bits per heavy atom. The van der Waals surface area contributed by atoms with E-state index in [-0.39, 0.29) is 51.0 Å². The quantitative estimate of drug-likeness (QED) is 0.460. The fourth-order valence-electron chi connectivity index (χ4n) is 2.51. The number of aromatic nitrogens is 3. The second-order valence-corrected chi connectivity index (χ2v) is 5.27. The molecule has 4 rings (SSSR count). The monoisotopic (exact) mass is 449 g/mol. The number of rotatable bonds is 3. The molecule has 3 aromatic rings. The molecule has 2 aromatic carbocycles. The zero-order valence-corrected chi connectivity index (χ0v) is 18.0. The van der Waals surface area contributed by atoms with Crippen LogP contribution in [0.1, 0.15) is 26.2 Å². The summed E-state index contributed by atoms with van der Waals surface area (Å²) in [5, 5.41) is 10.1. The van der Waals surface area contributed by atoms with Crippen LogP contribution in [-0.2, 0) is 26.2 Å². The van der Waals surface area contributed by atoms with Crippen molar-refractivity contribution in [2.24, 2.45) is 0 Å². The van der Waals surface area contributed by atoms with Crippen LogP contribution in [0.5, 0.6) is 0 Å². The van der Waals surface area contributed by atoms with E-state index in [0.717, 1.165) is 12.1 Å². The fraction of sp³-hybridized carbons (Fsp3) is 0.211. The van der Waals surface area contributed by atoms with Gasteiger partial charge in [0.2, 0.25) is 0 Å². The van der Waals surface area contributed by atoms with Crippen molar-refractivity contribution in [1.82, 2.24) is 14.8 Å². The van der Waals surface area contributed by atoms with Crippen molar-refractivity contribution >= 4 is 10.8 Å². The molecule has 0 aliphatic heterocycles. The van der Waals surface area contributed by atoms with Gasteiger partial charge in [-0.2, -0.15) is 6.08 Å². The summed E-state index contributed by atoms with van der Waals surface area (Å²) in [4.78, 5) is 0. The molecule has 0 bridgehead atoms. The van der Waals surface area contributed by atoms with Gasteiger partial charge < -0.3 is 29.4 Å². The van der Waals surface area contributed by atoms with Gasteiger partial charge in [0.15, 0.2) is 0 Å². The molecule has 0 saturated carbocycles. The summed E-state index contributed by atoms with van der Waals surface area (Å²) in [6, 6.07) is 12.5. The normalized spacial score (nSPS) is 11.5. The van der Waals surface area contributed by atoms with Gasteiger partial charge in [-0.05, 0) is 5.69 Å². The van der Waals surface area contributed by atoms with Crippen LogP contribution in [0.4, 0.5) is 0 Å². The summed E-state index contributed by atoms with van der Waals surface area (Å²) in [7, 11) is 0. The van der Waals surface area contributed by atoms with Crippen molar-refractivity contribution in [3.8, 4) is 5.69 Å². The first kappa shape index (κ1) is 23.9. The van der Waals surface area contributed by atoms with E-state index >= 15 is 0 Å². The predicted molar refractivity (Wildman–Crippen MR) is 89.9 cm³/mol. The topological polar surface area (TPSA) is 30.7 Å². The molecule has 0 amide bonds. The molecule has 0 spiro atoms. The minimum Gasteiger partial charge on any atom is -1.00 e. The van der Waals surface area contributed by atoms with Crippen molar-refractivity contribution in [1.29, 1.82) is 0 Å². The Bertz CT molecular complexity index is 759. The van der Waals surface area contributed by atoms with E-state index in [9.17, 15) is 0 Å². The molecule has 6 heteroatoms. The Hall–Kier alpha value is -1.09. The molecular weight excluding hydrogens is 432 g/mol. The van der Waals surface area contributed by atoms with Gasteiger partial charge in [0, 0.05) is 0 Å². The Morgan fingerprint density at radius 2 is 1.88 bits per heavy atom. The van der Waals surface area contributed by atoms with E-state index in [2.05, 4.69) is 59.6 Å². The molecule has 1 heterocycles. The molecule has 1 aliphatic carbocycles.